The van der Waals surface area contributed by atoms with E-state index in [4.69, 9.17) is 0 Å². The van der Waals surface area contributed by atoms with Gasteiger partial charge >= 0.3 is 0 Å². The Hall–Kier alpha value is -1.96. The van der Waals surface area contributed by atoms with Crippen LogP contribution in [-0.2, 0) is 17.6 Å². The molecule has 2 aromatic rings. The highest BCUT2D eigenvalue weighted by molar-refractivity contribution is 5.90. The van der Waals surface area contributed by atoms with Gasteiger partial charge in [0.2, 0.25) is 0 Å². The molecule has 1 aliphatic rings. The fraction of sp³-hybridized carbons (Fsp3) is 0.188. The maximum atomic E-state index is 13.0. The van der Waals surface area contributed by atoms with Crippen LogP contribution in [0.3, 0.4) is 0 Å². The number of hydrogen-bond acceptors (Lipinski definition) is 1. The van der Waals surface area contributed by atoms with Gasteiger partial charge in [-0.25, -0.2) is 4.39 Å². The number of rotatable bonds is 3. The van der Waals surface area contributed by atoms with Crippen LogP contribution in [0.25, 0.3) is 0 Å². The Balaban J connectivity index is 1.75. The summed E-state index contributed by atoms with van der Waals surface area (Å²) in [6.45, 7) is 0. The second-order valence-electron chi connectivity index (χ2n) is 4.73. The van der Waals surface area contributed by atoms with Crippen LogP contribution < -0.4 is 0 Å². The number of fused-ring (bicyclic) bond motifs is 1. The number of carbonyl (C=O) groups excluding carboxylic acids is 1. The minimum Gasteiger partial charge on any atom is -0.299 e. The van der Waals surface area contributed by atoms with Crippen molar-refractivity contribution in [1.29, 1.82) is 0 Å². The first-order chi connectivity index (χ1) is 8.74. The van der Waals surface area contributed by atoms with E-state index in [1.165, 1.54) is 17.7 Å². The van der Waals surface area contributed by atoms with Crippen molar-refractivity contribution in [1.82, 2.24) is 0 Å². The lowest BCUT2D eigenvalue weighted by molar-refractivity contribution is -0.120. The van der Waals surface area contributed by atoms with E-state index in [1.54, 1.807) is 12.1 Å². The molecule has 0 saturated carbocycles. The maximum absolute atomic E-state index is 13.0. The highest BCUT2D eigenvalue weighted by Crippen LogP contribution is 2.36. The van der Waals surface area contributed by atoms with Gasteiger partial charge in [-0.1, -0.05) is 36.4 Å². The van der Waals surface area contributed by atoms with E-state index >= 15 is 0 Å². The quantitative estimate of drug-likeness (QED) is 0.804. The van der Waals surface area contributed by atoms with Crippen molar-refractivity contribution >= 4 is 5.78 Å². The average molecular weight is 240 g/mol. The molecule has 2 heteroatoms. The minimum absolute atomic E-state index is 0.00414. The highest BCUT2D eigenvalue weighted by atomic mass is 19.1. The van der Waals surface area contributed by atoms with Gasteiger partial charge in [0.15, 0.2) is 0 Å². The molecule has 2 aromatic carbocycles. The predicted molar refractivity (Wildman–Crippen MR) is 68.0 cm³/mol. The highest BCUT2D eigenvalue weighted by Gasteiger charge is 2.31. The summed E-state index contributed by atoms with van der Waals surface area (Å²) in [4.78, 5) is 12.1. The summed E-state index contributed by atoms with van der Waals surface area (Å²) >= 11 is 0. The topological polar surface area (TPSA) is 17.1 Å². The van der Waals surface area contributed by atoms with Gasteiger partial charge in [0, 0.05) is 12.3 Å². The third kappa shape index (κ3) is 1.94. The first kappa shape index (κ1) is 11.1. The van der Waals surface area contributed by atoms with Crippen LogP contribution in [-0.4, -0.2) is 5.78 Å². The Morgan fingerprint density at radius 3 is 2.78 bits per heavy atom. The lowest BCUT2D eigenvalue weighted by atomic mass is 9.74. The van der Waals surface area contributed by atoms with Gasteiger partial charge in [0.1, 0.15) is 11.6 Å². The molecule has 0 aliphatic heterocycles. The molecule has 0 fully saturated rings. The molecule has 0 radical (unpaired) electrons. The van der Waals surface area contributed by atoms with E-state index in [-0.39, 0.29) is 17.5 Å². The van der Waals surface area contributed by atoms with Gasteiger partial charge in [-0.3, -0.25) is 4.79 Å². The third-order valence-electron chi connectivity index (χ3n) is 3.51. The molecule has 1 atom stereocenters. The molecule has 1 unspecified atom stereocenters. The molecule has 0 amide bonds. The first-order valence-corrected chi connectivity index (χ1v) is 6.09. The number of ketones is 1. The minimum atomic E-state index is -0.283. The van der Waals surface area contributed by atoms with Gasteiger partial charge < -0.3 is 0 Å². The normalized spacial score (nSPS) is 16.8. The molecule has 0 spiro atoms. The van der Waals surface area contributed by atoms with Crippen LogP contribution >= 0.6 is 0 Å². The van der Waals surface area contributed by atoms with E-state index in [2.05, 4.69) is 6.07 Å². The van der Waals surface area contributed by atoms with E-state index in [0.29, 0.717) is 6.42 Å². The third-order valence-corrected chi connectivity index (χ3v) is 3.51. The summed E-state index contributed by atoms with van der Waals surface area (Å²) in [5.41, 5.74) is 3.15. The van der Waals surface area contributed by atoms with E-state index in [0.717, 1.165) is 17.5 Å². The SMILES string of the molecule is O=C(Cc1cccc(F)c1)C1Cc2ccccc21. The van der Waals surface area contributed by atoms with Crippen LogP contribution in [0.5, 0.6) is 0 Å². The molecule has 1 aliphatic carbocycles. The summed E-state index contributed by atoms with van der Waals surface area (Å²) in [7, 11) is 0. The molecule has 0 aromatic heterocycles. The zero-order valence-electron chi connectivity index (χ0n) is 9.90. The standard InChI is InChI=1S/C16H13FO/c17-13-6-3-4-11(8-13)9-16(18)15-10-12-5-1-2-7-14(12)15/h1-8,15H,9-10H2. The monoisotopic (exact) mass is 240 g/mol. The molecule has 0 bridgehead atoms. The fourth-order valence-corrected chi connectivity index (χ4v) is 2.52. The summed E-state index contributed by atoms with van der Waals surface area (Å²) in [6.07, 6.45) is 1.14. The van der Waals surface area contributed by atoms with Gasteiger partial charge in [0.25, 0.3) is 0 Å². The van der Waals surface area contributed by atoms with E-state index in [1.807, 2.05) is 18.2 Å². The molecular weight excluding hydrogens is 227 g/mol. The fourth-order valence-electron chi connectivity index (χ4n) is 2.52. The lowest BCUT2D eigenvalue weighted by Crippen LogP contribution is -2.26. The van der Waals surface area contributed by atoms with Crippen molar-refractivity contribution in [2.24, 2.45) is 0 Å². The van der Waals surface area contributed by atoms with Crippen LogP contribution in [0.15, 0.2) is 48.5 Å². The van der Waals surface area contributed by atoms with Gasteiger partial charge in [-0.15, -0.1) is 0 Å². The Morgan fingerprint density at radius 1 is 1.17 bits per heavy atom. The second-order valence-corrected chi connectivity index (χ2v) is 4.73. The van der Waals surface area contributed by atoms with Crippen molar-refractivity contribution in [3.05, 3.63) is 71.0 Å². The Morgan fingerprint density at radius 2 is 2.00 bits per heavy atom. The van der Waals surface area contributed by atoms with Crippen molar-refractivity contribution in [3.8, 4) is 0 Å². The first-order valence-electron chi connectivity index (χ1n) is 6.09. The number of benzene rings is 2. The van der Waals surface area contributed by atoms with Crippen LogP contribution in [0.1, 0.15) is 22.6 Å². The number of hydrogen-bond donors (Lipinski definition) is 0. The molecule has 18 heavy (non-hydrogen) atoms. The average Bonchev–Trinajstić information content (AvgIpc) is 2.30. The smallest absolute Gasteiger partial charge is 0.145 e. The Kier molecular flexibility index (Phi) is 2.71. The maximum Gasteiger partial charge on any atom is 0.145 e. The van der Waals surface area contributed by atoms with E-state index in [9.17, 15) is 9.18 Å². The van der Waals surface area contributed by atoms with Crippen LogP contribution in [0.2, 0.25) is 0 Å². The zero-order chi connectivity index (χ0) is 12.5. The molecule has 3 rings (SSSR count). The van der Waals surface area contributed by atoms with E-state index < -0.39 is 0 Å². The molecule has 0 N–H and O–H groups in total. The second kappa shape index (κ2) is 4.37. The summed E-state index contributed by atoms with van der Waals surface area (Å²) in [5.74, 6) is -0.0990. The number of Topliss-reactive ketones (excluding diaryl/α,β-unsaturated/α-hetero) is 1. The van der Waals surface area contributed by atoms with Crippen LogP contribution in [0, 0.1) is 5.82 Å². The van der Waals surface area contributed by atoms with Crippen molar-refractivity contribution < 1.29 is 9.18 Å². The zero-order valence-corrected chi connectivity index (χ0v) is 9.90. The number of halogens is 1. The van der Waals surface area contributed by atoms with Crippen LogP contribution in [0.4, 0.5) is 4.39 Å². The van der Waals surface area contributed by atoms with Crippen molar-refractivity contribution in [2.75, 3.05) is 0 Å². The largest absolute Gasteiger partial charge is 0.299 e. The summed E-state index contributed by atoms with van der Waals surface area (Å²) in [6, 6.07) is 14.3. The van der Waals surface area contributed by atoms with Gasteiger partial charge in [-0.05, 0) is 35.2 Å². The van der Waals surface area contributed by atoms with Crippen molar-refractivity contribution in [3.63, 3.8) is 0 Å². The van der Waals surface area contributed by atoms with Gasteiger partial charge in [0.05, 0.1) is 0 Å². The molecule has 1 nitrogen and oxygen atoms in total. The van der Waals surface area contributed by atoms with Gasteiger partial charge in [-0.2, -0.15) is 0 Å². The molecule has 0 heterocycles. The molecule has 90 valence electrons. The lowest BCUT2D eigenvalue weighted by Gasteiger charge is -2.28. The predicted octanol–water partition coefficient (Wildman–Crippen LogP) is 3.28. The molecule has 0 saturated heterocycles. The molecular formula is C16H13FO. The summed E-state index contributed by atoms with van der Waals surface area (Å²) in [5, 5.41) is 0. The van der Waals surface area contributed by atoms with Crippen molar-refractivity contribution in [2.45, 2.75) is 18.8 Å². The Bertz CT molecular complexity index is 604. The number of carbonyl (C=O) groups is 1. The summed E-state index contributed by atoms with van der Waals surface area (Å²) < 4.78 is 13.0. The Labute approximate surface area is 105 Å².